The molecule has 0 aliphatic carbocycles. The molecular formula is C15H23N3O2. The summed E-state index contributed by atoms with van der Waals surface area (Å²) in [6.07, 6.45) is 4.36. The number of nitrogens with two attached hydrogens (primary N) is 1. The van der Waals surface area contributed by atoms with Crippen LogP contribution in [0.2, 0.25) is 0 Å². The van der Waals surface area contributed by atoms with Crippen molar-refractivity contribution in [3.63, 3.8) is 0 Å². The molecule has 2 amide bonds. The number of rotatable bonds is 3. The maximum atomic E-state index is 12.4. The largest absolute Gasteiger partial charge is 0.497 e. The molecular weight excluding hydrogens is 254 g/mol. The molecule has 5 nitrogen and oxygen atoms in total. The molecule has 0 spiro atoms. The number of amides is 2. The van der Waals surface area contributed by atoms with E-state index < -0.39 is 0 Å². The first kappa shape index (κ1) is 14.7. The zero-order valence-electron chi connectivity index (χ0n) is 12.0. The highest BCUT2D eigenvalue weighted by Gasteiger charge is 2.24. The third-order valence-corrected chi connectivity index (χ3v) is 3.75. The molecule has 20 heavy (non-hydrogen) atoms. The first-order valence-corrected chi connectivity index (χ1v) is 7.16. The third-order valence-electron chi connectivity index (χ3n) is 3.75. The Morgan fingerprint density at radius 2 is 2.10 bits per heavy atom. The van der Waals surface area contributed by atoms with Crippen molar-refractivity contribution in [2.24, 2.45) is 5.73 Å². The summed E-state index contributed by atoms with van der Waals surface area (Å²) in [5.41, 5.74) is 6.57. The lowest BCUT2D eigenvalue weighted by molar-refractivity contribution is 0.191. The lowest BCUT2D eigenvalue weighted by Crippen LogP contribution is -2.46. The Morgan fingerprint density at radius 3 is 2.75 bits per heavy atom. The van der Waals surface area contributed by atoms with Gasteiger partial charge in [0.1, 0.15) is 5.75 Å². The highest BCUT2D eigenvalue weighted by atomic mass is 16.5. The Kier molecular flexibility index (Phi) is 5.24. The van der Waals surface area contributed by atoms with Crippen LogP contribution in [-0.2, 0) is 0 Å². The number of carbonyl (C=O) groups is 1. The molecule has 1 atom stereocenters. The van der Waals surface area contributed by atoms with Crippen LogP contribution in [0, 0.1) is 0 Å². The molecule has 1 saturated heterocycles. The highest BCUT2D eigenvalue weighted by Crippen LogP contribution is 2.19. The fourth-order valence-corrected chi connectivity index (χ4v) is 2.56. The SMILES string of the molecule is COc1ccc(NC(=O)N2CCCCCC2CN)cc1. The summed E-state index contributed by atoms with van der Waals surface area (Å²) in [5.74, 6) is 0.776. The zero-order chi connectivity index (χ0) is 14.4. The highest BCUT2D eigenvalue weighted by molar-refractivity contribution is 5.89. The number of anilines is 1. The number of benzene rings is 1. The van der Waals surface area contributed by atoms with E-state index in [1.165, 1.54) is 6.42 Å². The van der Waals surface area contributed by atoms with Gasteiger partial charge in [-0.15, -0.1) is 0 Å². The number of urea groups is 1. The number of hydrogen-bond donors (Lipinski definition) is 2. The topological polar surface area (TPSA) is 67.6 Å². The Balaban J connectivity index is 2.01. The van der Waals surface area contributed by atoms with Crippen LogP contribution in [-0.4, -0.2) is 37.2 Å². The van der Waals surface area contributed by atoms with E-state index in [-0.39, 0.29) is 12.1 Å². The van der Waals surface area contributed by atoms with Gasteiger partial charge in [0.2, 0.25) is 0 Å². The van der Waals surface area contributed by atoms with E-state index in [1.54, 1.807) is 7.11 Å². The van der Waals surface area contributed by atoms with Gasteiger partial charge in [-0.1, -0.05) is 12.8 Å². The van der Waals surface area contributed by atoms with E-state index in [4.69, 9.17) is 10.5 Å². The summed E-state index contributed by atoms with van der Waals surface area (Å²) >= 11 is 0. The van der Waals surface area contributed by atoms with Crippen molar-refractivity contribution in [3.8, 4) is 5.75 Å². The summed E-state index contributed by atoms with van der Waals surface area (Å²) in [6.45, 7) is 1.31. The van der Waals surface area contributed by atoms with Crippen molar-refractivity contribution in [2.45, 2.75) is 31.7 Å². The number of methoxy groups -OCH3 is 1. The van der Waals surface area contributed by atoms with Gasteiger partial charge in [-0.2, -0.15) is 0 Å². The number of likely N-dealkylation sites (tertiary alicyclic amines) is 1. The van der Waals surface area contributed by atoms with E-state index in [0.29, 0.717) is 6.54 Å². The van der Waals surface area contributed by atoms with Gasteiger partial charge in [-0.25, -0.2) is 4.79 Å². The van der Waals surface area contributed by atoms with Crippen molar-refractivity contribution < 1.29 is 9.53 Å². The van der Waals surface area contributed by atoms with E-state index in [0.717, 1.165) is 37.2 Å². The van der Waals surface area contributed by atoms with Crippen LogP contribution in [0.5, 0.6) is 5.75 Å². The Labute approximate surface area is 120 Å². The lowest BCUT2D eigenvalue weighted by Gasteiger charge is -2.29. The van der Waals surface area contributed by atoms with Crippen LogP contribution < -0.4 is 15.8 Å². The average Bonchev–Trinajstić information content (AvgIpc) is 2.73. The maximum Gasteiger partial charge on any atom is 0.322 e. The molecule has 5 heteroatoms. The minimum Gasteiger partial charge on any atom is -0.497 e. The van der Waals surface area contributed by atoms with Crippen LogP contribution in [0.15, 0.2) is 24.3 Å². The monoisotopic (exact) mass is 277 g/mol. The van der Waals surface area contributed by atoms with Gasteiger partial charge in [0.15, 0.2) is 0 Å². The second-order valence-electron chi connectivity index (χ2n) is 5.09. The molecule has 110 valence electrons. The van der Waals surface area contributed by atoms with E-state index in [2.05, 4.69) is 5.32 Å². The van der Waals surface area contributed by atoms with Crippen LogP contribution in [0.3, 0.4) is 0 Å². The van der Waals surface area contributed by atoms with Crippen LogP contribution in [0.25, 0.3) is 0 Å². The lowest BCUT2D eigenvalue weighted by atomic mass is 10.1. The number of nitrogens with one attached hydrogen (secondary N) is 1. The average molecular weight is 277 g/mol. The molecule has 1 aliphatic rings. The molecule has 1 aliphatic heterocycles. The van der Waals surface area contributed by atoms with Crippen LogP contribution >= 0.6 is 0 Å². The quantitative estimate of drug-likeness (QED) is 0.891. The summed E-state index contributed by atoms with van der Waals surface area (Å²) in [7, 11) is 1.62. The van der Waals surface area contributed by atoms with Gasteiger partial charge in [-0.05, 0) is 37.1 Å². The molecule has 0 bridgehead atoms. The summed E-state index contributed by atoms with van der Waals surface area (Å²) in [6, 6.07) is 7.43. The Hall–Kier alpha value is -1.75. The van der Waals surface area contributed by atoms with E-state index >= 15 is 0 Å². The number of hydrogen-bond acceptors (Lipinski definition) is 3. The van der Waals surface area contributed by atoms with Gasteiger partial charge in [-0.3, -0.25) is 0 Å². The van der Waals surface area contributed by atoms with Gasteiger partial charge >= 0.3 is 6.03 Å². The molecule has 0 saturated carbocycles. The molecule has 1 heterocycles. The normalized spacial score (nSPS) is 19.3. The first-order valence-electron chi connectivity index (χ1n) is 7.16. The fourth-order valence-electron chi connectivity index (χ4n) is 2.56. The van der Waals surface area contributed by atoms with Crippen LogP contribution in [0.1, 0.15) is 25.7 Å². The number of ether oxygens (including phenoxy) is 1. The molecule has 1 fully saturated rings. The summed E-state index contributed by atoms with van der Waals surface area (Å²) < 4.78 is 5.10. The summed E-state index contributed by atoms with van der Waals surface area (Å²) in [4.78, 5) is 14.2. The fraction of sp³-hybridized carbons (Fsp3) is 0.533. The van der Waals surface area contributed by atoms with Gasteiger partial charge in [0.05, 0.1) is 7.11 Å². The molecule has 2 rings (SSSR count). The number of carbonyl (C=O) groups excluding carboxylic acids is 1. The predicted octanol–water partition coefficient (Wildman–Crippen LogP) is 2.43. The predicted molar refractivity (Wildman–Crippen MR) is 80.0 cm³/mol. The Bertz CT molecular complexity index is 433. The maximum absolute atomic E-state index is 12.4. The van der Waals surface area contributed by atoms with Gasteiger partial charge in [0.25, 0.3) is 0 Å². The molecule has 1 aromatic rings. The standard InChI is InChI=1S/C15H23N3O2/c1-20-14-8-6-12(7-9-14)17-15(19)18-10-4-2-3-5-13(18)11-16/h6-9,13H,2-5,10-11,16H2,1H3,(H,17,19). The smallest absolute Gasteiger partial charge is 0.322 e. The van der Waals surface area contributed by atoms with Gasteiger partial charge in [0, 0.05) is 24.8 Å². The van der Waals surface area contributed by atoms with Crippen molar-refractivity contribution >= 4 is 11.7 Å². The Morgan fingerprint density at radius 1 is 1.35 bits per heavy atom. The minimum absolute atomic E-state index is 0.0625. The van der Waals surface area contributed by atoms with Gasteiger partial charge < -0.3 is 20.7 Å². The molecule has 1 unspecified atom stereocenters. The van der Waals surface area contributed by atoms with Crippen molar-refractivity contribution in [2.75, 3.05) is 25.5 Å². The summed E-state index contributed by atoms with van der Waals surface area (Å²) in [5, 5.41) is 2.93. The second-order valence-corrected chi connectivity index (χ2v) is 5.09. The molecule has 1 aromatic carbocycles. The van der Waals surface area contributed by atoms with Crippen LogP contribution in [0.4, 0.5) is 10.5 Å². The van der Waals surface area contributed by atoms with E-state index in [1.807, 2.05) is 29.2 Å². The molecule has 0 radical (unpaired) electrons. The first-order chi connectivity index (χ1) is 9.74. The molecule has 0 aromatic heterocycles. The third kappa shape index (κ3) is 3.63. The minimum atomic E-state index is -0.0625. The van der Waals surface area contributed by atoms with E-state index in [9.17, 15) is 4.79 Å². The van der Waals surface area contributed by atoms with Crippen molar-refractivity contribution in [3.05, 3.63) is 24.3 Å². The number of nitrogens with zero attached hydrogens (tertiary/aromatic N) is 1. The molecule has 3 N–H and O–H groups in total. The zero-order valence-corrected chi connectivity index (χ0v) is 12.0. The second kappa shape index (κ2) is 7.14. The van der Waals surface area contributed by atoms with Crippen molar-refractivity contribution in [1.82, 2.24) is 4.90 Å². The van der Waals surface area contributed by atoms with Crippen molar-refractivity contribution in [1.29, 1.82) is 0 Å².